The van der Waals surface area contributed by atoms with E-state index in [-0.39, 0.29) is 0 Å². The third-order valence-electron chi connectivity index (χ3n) is 2.79. The van der Waals surface area contributed by atoms with Gasteiger partial charge in [-0.15, -0.1) is 0 Å². The van der Waals surface area contributed by atoms with Gasteiger partial charge in [-0.1, -0.05) is 55.0 Å². The minimum absolute atomic E-state index is 0.961. The molecule has 0 amide bonds. The predicted octanol–water partition coefficient (Wildman–Crippen LogP) is 3.60. The number of halogens is 1. The van der Waals surface area contributed by atoms with Crippen LogP contribution in [0.15, 0.2) is 0 Å². The molecule has 60 valence electrons. The highest BCUT2D eigenvalue weighted by molar-refractivity contribution is 9.09. The van der Waals surface area contributed by atoms with Crippen LogP contribution in [0.25, 0.3) is 0 Å². The van der Waals surface area contributed by atoms with Crippen molar-refractivity contribution in [3.05, 3.63) is 0 Å². The second-order valence-corrected chi connectivity index (χ2v) is 4.01. The molecule has 0 spiro atoms. The van der Waals surface area contributed by atoms with Crippen molar-refractivity contribution in [2.24, 2.45) is 11.8 Å². The molecular formula is C9H17Br. The summed E-state index contributed by atoms with van der Waals surface area (Å²) >= 11 is 3.59. The highest BCUT2D eigenvalue weighted by Crippen LogP contribution is 2.33. The van der Waals surface area contributed by atoms with E-state index in [1.807, 2.05) is 0 Å². The Morgan fingerprint density at radius 1 is 1.40 bits per heavy atom. The summed E-state index contributed by atoms with van der Waals surface area (Å²) in [5, 5.41) is 1.22. The Bertz CT molecular complexity index is 80.7. The van der Waals surface area contributed by atoms with Gasteiger partial charge in [0.1, 0.15) is 0 Å². The van der Waals surface area contributed by atoms with Crippen molar-refractivity contribution in [1.82, 2.24) is 0 Å². The van der Waals surface area contributed by atoms with Crippen LogP contribution in [0, 0.1) is 11.8 Å². The second-order valence-electron chi connectivity index (χ2n) is 3.37. The summed E-state index contributed by atoms with van der Waals surface area (Å²) in [7, 11) is 0. The maximum atomic E-state index is 3.59. The van der Waals surface area contributed by atoms with Gasteiger partial charge in [-0.3, -0.25) is 0 Å². The molecule has 0 saturated heterocycles. The van der Waals surface area contributed by atoms with E-state index in [9.17, 15) is 0 Å². The maximum absolute atomic E-state index is 3.59. The topological polar surface area (TPSA) is 0 Å². The Hall–Kier alpha value is 0.480. The second kappa shape index (κ2) is 4.38. The third-order valence-corrected chi connectivity index (χ3v) is 3.62. The molecule has 1 saturated carbocycles. The van der Waals surface area contributed by atoms with E-state index in [1.165, 1.54) is 37.4 Å². The molecule has 0 heterocycles. The van der Waals surface area contributed by atoms with Crippen molar-refractivity contribution in [1.29, 1.82) is 0 Å². The number of rotatable bonds is 3. The first-order chi connectivity index (χ1) is 4.88. The quantitative estimate of drug-likeness (QED) is 0.617. The fourth-order valence-corrected chi connectivity index (χ4v) is 2.98. The van der Waals surface area contributed by atoms with E-state index in [4.69, 9.17) is 0 Å². The van der Waals surface area contributed by atoms with Crippen LogP contribution in [0.1, 0.15) is 39.0 Å². The van der Waals surface area contributed by atoms with Gasteiger partial charge in [0.05, 0.1) is 0 Å². The third kappa shape index (κ3) is 1.98. The summed E-state index contributed by atoms with van der Waals surface area (Å²) in [5.41, 5.74) is 0. The lowest BCUT2D eigenvalue weighted by Crippen LogP contribution is -2.11. The zero-order valence-electron chi connectivity index (χ0n) is 6.78. The summed E-state index contributed by atoms with van der Waals surface area (Å²) < 4.78 is 0. The fourth-order valence-electron chi connectivity index (χ4n) is 2.00. The Kier molecular flexibility index (Phi) is 3.75. The van der Waals surface area contributed by atoms with Gasteiger partial charge in [0, 0.05) is 5.33 Å². The normalized spacial score (nSPS) is 23.4. The monoisotopic (exact) mass is 204 g/mol. The fraction of sp³-hybridized carbons (Fsp3) is 1.00. The van der Waals surface area contributed by atoms with Gasteiger partial charge in [-0.05, 0) is 11.8 Å². The van der Waals surface area contributed by atoms with Crippen LogP contribution < -0.4 is 0 Å². The van der Waals surface area contributed by atoms with E-state index < -0.39 is 0 Å². The number of alkyl halides is 1. The van der Waals surface area contributed by atoms with E-state index in [0.717, 1.165) is 11.8 Å². The lowest BCUT2D eigenvalue weighted by molar-refractivity contribution is 0.365. The van der Waals surface area contributed by atoms with Crippen molar-refractivity contribution >= 4 is 15.9 Å². The molecule has 0 radical (unpaired) electrons. The molecule has 0 N–H and O–H groups in total. The highest BCUT2D eigenvalue weighted by atomic mass is 79.9. The molecule has 1 fully saturated rings. The van der Waals surface area contributed by atoms with Crippen molar-refractivity contribution in [3.8, 4) is 0 Å². The molecule has 0 aromatic rings. The maximum Gasteiger partial charge on any atom is 0.00622 e. The lowest BCUT2D eigenvalue weighted by Gasteiger charge is -2.18. The highest BCUT2D eigenvalue weighted by Gasteiger charge is 2.22. The average Bonchev–Trinajstić information content (AvgIpc) is 2.43. The van der Waals surface area contributed by atoms with E-state index in [1.54, 1.807) is 0 Å². The lowest BCUT2D eigenvalue weighted by atomic mass is 9.91. The van der Waals surface area contributed by atoms with Gasteiger partial charge in [0.25, 0.3) is 0 Å². The van der Waals surface area contributed by atoms with Crippen molar-refractivity contribution < 1.29 is 0 Å². The van der Waals surface area contributed by atoms with Gasteiger partial charge >= 0.3 is 0 Å². The summed E-state index contributed by atoms with van der Waals surface area (Å²) in [6.07, 6.45) is 7.30. The van der Waals surface area contributed by atoms with Gasteiger partial charge in [0.2, 0.25) is 0 Å². The minimum atomic E-state index is 0.961. The number of hydrogen-bond donors (Lipinski definition) is 0. The molecule has 1 rings (SSSR count). The van der Waals surface area contributed by atoms with Crippen LogP contribution in [0.5, 0.6) is 0 Å². The van der Waals surface area contributed by atoms with E-state index in [2.05, 4.69) is 22.9 Å². The first-order valence-electron chi connectivity index (χ1n) is 4.44. The summed E-state index contributed by atoms with van der Waals surface area (Å²) in [6, 6.07) is 0. The molecule has 1 unspecified atom stereocenters. The molecule has 0 aliphatic heterocycles. The van der Waals surface area contributed by atoms with E-state index >= 15 is 0 Å². The van der Waals surface area contributed by atoms with Crippen LogP contribution in [0.3, 0.4) is 0 Å². The smallest absolute Gasteiger partial charge is 0.00622 e. The first-order valence-corrected chi connectivity index (χ1v) is 5.56. The molecule has 0 aromatic heterocycles. The van der Waals surface area contributed by atoms with Gasteiger partial charge in [-0.2, -0.15) is 0 Å². The summed E-state index contributed by atoms with van der Waals surface area (Å²) in [5.74, 6) is 2.01. The molecule has 0 aromatic carbocycles. The van der Waals surface area contributed by atoms with Crippen molar-refractivity contribution in [2.45, 2.75) is 39.0 Å². The Labute approximate surface area is 72.5 Å². The molecule has 10 heavy (non-hydrogen) atoms. The van der Waals surface area contributed by atoms with E-state index in [0.29, 0.717) is 0 Å². The summed E-state index contributed by atoms with van der Waals surface area (Å²) in [6.45, 7) is 2.31. The van der Waals surface area contributed by atoms with Crippen LogP contribution in [0.4, 0.5) is 0 Å². The number of hydrogen-bond acceptors (Lipinski definition) is 0. The Balaban J connectivity index is 2.29. The zero-order chi connectivity index (χ0) is 7.40. The van der Waals surface area contributed by atoms with Crippen LogP contribution in [0.2, 0.25) is 0 Å². The Morgan fingerprint density at radius 2 is 2.00 bits per heavy atom. The van der Waals surface area contributed by atoms with Crippen molar-refractivity contribution in [2.75, 3.05) is 5.33 Å². The van der Waals surface area contributed by atoms with Gasteiger partial charge < -0.3 is 0 Å². The SMILES string of the molecule is CCC(CBr)C1CCCC1. The van der Waals surface area contributed by atoms with Gasteiger partial charge in [-0.25, -0.2) is 0 Å². The van der Waals surface area contributed by atoms with Crippen LogP contribution in [-0.4, -0.2) is 5.33 Å². The van der Waals surface area contributed by atoms with Gasteiger partial charge in [0.15, 0.2) is 0 Å². The standard InChI is InChI=1S/C9H17Br/c1-2-8(7-10)9-5-3-4-6-9/h8-9H,2-7H2,1H3. The summed E-state index contributed by atoms with van der Waals surface area (Å²) in [4.78, 5) is 0. The minimum Gasteiger partial charge on any atom is -0.0925 e. The van der Waals surface area contributed by atoms with Crippen LogP contribution >= 0.6 is 15.9 Å². The molecular weight excluding hydrogens is 188 g/mol. The van der Waals surface area contributed by atoms with Crippen molar-refractivity contribution in [3.63, 3.8) is 0 Å². The molecule has 0 bridgehead atoms. The molecule has 1 aliphatic rings. The largest absolute Gasteiger partial charge is 0.0925 e. The zero-order valence-corrected chi connectivity index (χ0v) is 8.36. The average molecular weight is 205 g/mol. The van der Waals surface area contributed by atoms with Crippen LogP contribution in [-0.2, 0) is 0 Å². The molecule has 1 aliphatic carbocycles. The molecule has 1 atom stereocenters. The molecule has 0 nitrogen and oxygen atoms in total. The first kappa shape index (κ1) is 8.58. The predicted molar refractivity (Wildman–Crippen MR) is 49.5 cm³/mol. The Morgan fingerprint density at radius 3 is 2.40 bits per heavy atom. The molecule has 1 heteroatoms.